The van der Waals surface area contributed by atoms with E-state index in [4.69, 9.17) is 10.5 Å². The molecule has 0 saturated carbocycles. The van der Waals surface area contributed by atoms with E-state index >= 15 is 0 Å². The molecule has 1 aromatic heterocycles. The second-order valence-electron chi connectivity index (χ2n) is 2.60. The zero-order valence-corrected chi connectivity index (χ0v) is 6.10. The van der Waals surface area contributed by atoms with Gasteiger partial charge in [-0.2, -0.15) is 0 Å². The maximum atomic E-state index is 5.36. The molecule has 1 fully saturated rings. The first-order chi connectivity index (χ1) is 5.36. The number of anilines is 1. The van der Waals surface area contributed by atoms with Crippen LogP contribution in [0.4, 0.5) is 5.95 Å². The third-order valence-electron chi connectivity index (χ3n) is 1.81. The molecule has 1 aliphatic rings. The van der Waals surface area contributed by atoms with Crippen molar-refractivity contribution >= 4 is 5.95 Å². The van der Waals surface area contributed by atoms with Gasteiger partial charge in [-0.15, -0.1) is 5.10 Å². The Kier molecular flexibility index (Phi) is 1.50. The van der Waals surface area contributed by atoms with Crippen LogP contribution in [0.25, 0.3) is 0 Å². The average Bonchev–Trinajstić information content (AvgIpc) is 2.55. The summed E-state index contributed by atoms with van der Waals surface area (Å²) < 4.78 is 6.96. The van der Waals surface area contributed by atoms with Gasteiger partial charge >= 0.3 is 0 Å². The molecule has 0 amide bonds. The summed E-state index contributed by atoms with van der Waals surface area (Å²) in [5, 5.41) is 4.00. The van der Waals surface area contributed by atoms with Gasteiger partial charge in [-0.3, -0.25) is 0 Å². The van der Waals surface area contributed by atoms with Crippen LogP contribution in [0.1, 0.15) is 12.5 Å². The van der Waals surface area contributed by atoms with E-state index in [0.717, 1.165) is 19.6 Å². The van der Waals surface area contributed by atoms with E-state index in [0.29, 0.717) is 12.0 Å². The van der Waals surface area contributed by atoms with Crippen molar-refractivity contribution in [2.45, 2.75) is 12.5 Å². The van der Waals surface area contributed by atoms with Crippen molar-refractivity contribution in [3.05, 3.63) is 6.33 Å². The Morgan fingerprint density at radius 1 is 1.73 bits per heavy atom. The van der Waals surface area contributed by atoms with Crippen molar-refractivity contribution in [3.8, 4) is 0 Å². The van der Waals surface area contributed by atoms with Gasteiger partial charge in [0.05, 0.1) is 12.6 Å². The molecule has 1 saturated heterocycles. The van der Waals surface area contributed by atoms with Gasteiger partial charge in [0, 0.05) is 6.61 Å². The average molecular weight is 154 g/mol. The van der Waals surface area contributed by atoms with Crippen molar-refractivity contribution in [3.63, 3.8) is 0 Å². The van der Waals surface area contributed by atoms with E-state index in [1.807, 2.05) is 0 Å². The van der Waals surface area contributed by atoms with Crippen LogP contribution in [0.2, 0.25) is 0 Å². The molecule has 11 heavy (non-hydrogen) atoms. The number of nitrogens with two attached hydrogens (primary N) is 1. The minimum atomic E-state index is 0.330. The topological polar surface area (TPSA) is 66.0 Å². The predicted octanol–water partition coefficient (Wildman–Crippen LogP) is -0.178. The maximum Gasteiger partial charge on any atom is 0.239 e. The molecular formula is C6H10N4O. The van der Waals surface area contributed by atoms with Gasteiger partial charge < -0.3 is 10.5 Å². The van der Waals surface area contributed by atoms with Gasteiger partial charge in [0.2, 0.25) is 5.95 Å². The first kappa shape index (κ1) is 6.60. The minimum Gasteiger partial charge on any atom is -0.379 e. The van der Waals surface area contributed by atoms with Crippen LogP contribution in [0, 0.1) is 0 Å². The molecule has 2 N–H and O–H groups in total. The van der Waals surface area contributed by atoms with Crippen LogP contribution >= 0.6 is 0 Å². The lowest BCUT2D eigenvalue weighted by Crippen LogP contribution is -2.09. The van der Waals surface area contributed by atoms with E-state index in [1.54, 1.807) is 11.0 Å². The molecule has 1 atom stereocenters. The SMILES string of the molecule is Nc1ncn(C2CCOC2)n1. The first-order valence-electron chi connectivity index (χ1n) is 3.60. The molecule has 5 heteroatoms. The molecular weight excluding hydrogens is 144 g/mol. The molecule has 0 bridgehead atoms. The van der Waals surface area contributed by atoms with Gasteiger partial charge in [-0.1, -0.05) is 0 Å². The lowest BCUT2D eigenvalue weighted by atomic mass is 10.3. The van der Waals surface area contributed by atoms with E-state index < -0.39 is 0 Å². The fraction of sp³-hybridized carbons (Fsp3) is 0.667. The molecule has 0 aliphatic carbocycles. The largest absolute Gasteiger partial charge is 0.379 e. The monoisotopic (exact) mass is 154 g/mol. The fourth-order valence-electron chi connectivity index (χ4n) is 1.19. The highest BCUT2D eigenvalue weighted by molar-refractivity contribution is 5.09. The Morgan fingerprint density at radius 3 is 3.18 bits per heavy atom. The minimum absolute atomic E-state index is 0.330. The number of ether oxygens (including phenoxy) is 1. The predicted molar refractivity (Wildman–Crippen MR) is 38.9 cm³/mol. The zero-order valence-electron chi connectivity index (χ0n) is 6.10. The second kappa shape index (κ2) is 2.50. The smallest absolute Gasteiger partial charge is 0.239 e. The molecule has 2 heterocycles. The lowest BCUT2D eigenvalue weighted by Gasteiger charge is -2.04. The molecule has 0 radical (unpaired) electrons. The summed E-state index contributed by atoms with van der Waals surface area (Å²) in [4.78, 5) is 3.84. The summed E-state index contributed by atoms with van der Waals surface area (Å²) in [7, 11) is 0. The second-order valence-corrected chi connectivity index (χ2v) is 2.60. The van der Waals surface area contributed by atoms with Gasteiger partial charge in [0.1, 0.15) is 6.33 Å². The third kappa shape index (κ3) is 1.19. The fourth-order valence-corrected chi connectivity index (χ4v) is 1.19. The van der Waals surface area contributed by atoms with Crippen LogP contribution in [0.3, 0.4) is 0 Å². The number of rotatable bonds is 1. The van der Waals surface area contributed by atoms with Crippen LogP contribution in [0.5, 0.6) is 0 Å². The molecule has 5 nitrogen and oxygen atoms in total. The molecule has 2 rings (SSSR count). The van der Waals surface area contributed by atoms with Gasteiger partial charge in [0.15, 0.2) is 0 Å². The van der Waals surface area contributed by atoms with Crippen molar-refractivity contribution in [2.24, 2.45) is 0 Å². The normalized spacial score (nSPS) is 24.2. The van der Waals surface area contributed by atoms with Crippen LogP contribution < -0.4 is 5.73 Å². The molecule has 1 unspecified atom stereocenters. The quantitative estimate of drug-likeness (QED) is 0.609. The zero-order chi connectivity index (χ0) is 7.68. The third-order valence-corrected chi connectivity index (χ3v) is 1.81. The van der Waals surface area contributed by atoms with E-state index in [-0.39, 0.29) is 0 Å². The van der Waals surface area contributed by atoms with Crippen molar-refractivity contribution in [1.82, 2.24) is 14.8 Å². The standard InChI is InChI=1S/C6H10N4O/c7-6-8-4-10(9-6)5-1-2-11-3-5/h4-5H,1-3H2,(H2,7,9). The van der Waals surface area contributed by atoms with E-state index in [9.17, 15) is 0 Å². The van der Waals surface area contributed by atoms with Crippen LogP contribution in [-0.4, -0.2) is 28.0 Å². The summed E-state index contributed by atoms with van der Waals surface area (Å²) in [6.45, 7) is 1.53. The highest BCUT2D eigenvalue weighted by Crippen LogP contribution is 2.16. The highest BCUT2D eigenvalue weighted by atomic mass is 16.5. The summed E-state index contributed by atoms with van der Waals surface area (Å²) in [6, 6.07) is 0.333. The Hall–Kier alpha value is -1.10. The van der Waals surface area contributed by atoms with Crippen molar-refractivity contribution in [2.75, 3.05) is 18.9 Å². The molecule has 0 aromatic carbocycles. The summed E-state index contributed by atoms with van der Waals surface area (Å²) >= 11 is 0. The van der Waals surface area contributed by atoms with E-state index in [1.165, 1.54) is 0 Å². The van der Waals surface area contributed by atoms with Gasteiger partial charge in [0.25, 0.3) is 0 Å². The number of hydrogen-bond acceptors (Lipinski definition) is 4. The lowest BCUT2D eigenvalue weighted by molar-refractivity contribution is 0.184. The number of nitrogen functional groups attached to an aromatic ring is 1. The van der Waals surface area contributed by atoms with Crippen LogP contribution in [0.15, 0.2) is 6.33 Å². The number of hydrogen-bond donors (Lipinski definition) is 1. The van der Waals surface area contributed by atoms with Crippen molar-refractivity contribution in [1.29, 1.82) is 0 Å². The number of aromatic nitrogens is 3. The Bertz CT molecular complexity index is 240. The van der Waals surface area contributed by atoms with Gasteiger partial charge in [-0.25, -0.2) is 9.67 Å². The molecule has 1 aromatic rings. The molecule has 0 spiro atoms. The van der Waals surface area contributed by atoms with Gasteiger partial charge in [-0.05, 0) is 6.42 Å². The van der Waals surface area contributed by atoms with E-state index in [2.05, 4.69) is 10.1 Å². The number of nitrogens with zero attached hydrogens (tertiary/aromatic N) is 3. The Labute approximate surface area is 64.2 Å². The highest BCUT2D eigenvalue weighted by Gasteiger charge is 2.18. The van der Waals surface area contributed by atoms with Crippen molar-refractivity contribution < 1.29 is 4.74 Å². The molecule has 60 valence electrons. The Morgan fingerprint density at radius 2 is 2.64 bits per heavy atom. The summed E-state index contributed by atoms with van der Waals surface area (Å²) in [6.07, 6.45) is 2.65. The maximum absolute atomic E-state index is 5.36. The van der Waals surface area contributed by atoms with Crippen LogP contribution in [-0.2, 0) is 4.74 Å². The summed E-state index contributed by atoms with van der Waals surface area (Å²) in [5.74, 6) is 0.330. The Balaban J connectivity index is 2.15. The molecule has 1 aliphatic heterocycles. The summed E-state index contributed by atoms with van der Waals surface area (Å²) in [5.41, 5.74) is 5.36. The first-order valence-corrected chi connectivity index (χ1v) is 3.60.